The quantitative estimate of drug-likeness (QED) is 0.784. The van der Waals surface area contributed by atoms with Crippen molar-refractivity contribution >= 4 is 27.9 Å². The second-order valence-electron chi connectivity index (χ2n) is 3.60. The number of halogens is 1. The van der Waals surface area contributed by atoms with Gasteiger partial charge in [0.2, 0.25) is 0 Å². The van der Waals surface area contributed by atoms with Gasteiger partial charge >= 0.3 is 11.9 Å². The van der Waals surface area contributed by atoms with Gasteiger partial charge in [-0.3, -0.25) is 4.79 Å². The molecule has 0 aromatic heterocycles. The molecule has 18 heavy (non-hydrogen) atoms. The number of esters is 2. The highest BCUT2D eigenvalue weighted by Gasteiger charge is 2.10. The van der Waals surface area contributed by atoms with Crippen LogP contribution in [0.2, 0.25) is 0 Å². The fraction of sp³-hybridized carbons (Fsp3) is 0.385. The monoisotopic (exact) mass is 314 g/mol. The lowest BCUT2D eigenvalue weighted by atomic mass is 10.1. The van der Waals surface area contributed by atoms with Crippen LogP contribution >= 0.6 is 15.9 Å². The zero-order valence-electron chi connectivity index (χ0n) is 10.4. The Bertz CT molecular complexity index is 443. The maximum Gasteiger partial charge on any atom is 0.337 e. The van der Waals surface area contributed by atoms with Crippen molar-refractivity contribution in [2.24, 2.45) is 0 Å². The number of hydrogen-bond donors (Lipinski definition) is 0. The van der Waals surface area contributed by atoms with Crippen LogP contribution in [0.3, 0.4) is 0 Å². The Morgan fingerprint density at radius 2 is 2.06 bits per heavy atom. The van der Waals surface area contributed by atoms with Crippen LogP contribution in [0.15, 0.2) is 22.7 Å². The second kappa shape index (κ2) is 7.16. The molecule has 0 fully saturated rings. The van der Waals surface area contributed by atoms with E-state index in [-0.39, 0.29) is 18.4 Å². The maximum atomic E-state index is 11.4. The van der Waals surface area contributed by atoms with Crippen molar-refractivity contribution in [3.05, 3.63) is 33.8 Å². The largest absolute Gasteiger partial charge is 0.466 e. The van der Waals surface area contributed by atoms with Gasteiger partial charge in [0.05, 0.1) is 19.3 Å². The van der Waals surface area contributed by atoms with Gasteiger partial charge in [-0.05, 0) is 37.1 Å². The van der Waals surface area contributed by atoms with Gasteiger partial charge in [0.25, 0.3) is 0 Å². The molecule has 1 aromatic rings. The van der Waals surface area contributed by atoms with Crippen LogP contribution in [0.25, 0.3) is 0 Å². The number of benzene rings is 1. The third kappa shape index (κ3) is 4.14. The van der Waals surface area contributed by atoms with Gasteiger partial charge < -0.3 is 9.47 Å². The van der Waals surface area contributed by atoms with Crippen molar-refractivity contribution in [1.29, 1.82) is 0 Å². The highest BCUT2D eigenvalue weighted by atomic mass is 79.9. The molecule has 0 heterocycles. The van der Waals surface area contributed by atoms with Gasteiger partial charge in [0.15, 0.2) is 0 Å². The summed E-state index contributed by atoms with van der Waals surface area (Å²) in [5, 5.41) is 0. The molecule has 1 aromatic carbocycles. The summed E-state index contributed by atoms with van der Waals surface area (Å²) >= 11 is 3.39. The summed E-state index contributed by atoms with van der Waals surface area (Å²) in [6.45, 7) is 2.15. The van der Waals surface area contributed by atoms with E-state index in [1.165, 1.54) is 7.11 Å². The maximum absolute atomic E-state index is 11.4. The minimum absolute atomic E-state index is 0.243. The lowest BCUT2D eigenvalue weighted by Gasteiger charge is -2.07. The van der Waals surface area contributed by atoms with E-state index in [1.54, 1.807) is 25.1 Å². The molecular weight excluding hydrogens is 300 g/mol. The molecule has 0 aliphatic heterocycles. The average Bonchev–Trinajstić information content (AvgIpc) is 2.37. The van der Waals surface area contributed by atoms with Crippen molar-refractivity contribution < 1.29 is 19.1 Å². The topological polar surface area (TPSA) is 52.6 Å². The summed E-state index contributed by atoms with van der Waals surface area (Å²) in [7, 11) is 1.34. The van der Waals surface area contributed by atoms with Crippen molar-refractivity contribution in [2.45, 2.75) is 19.8 Å². The molecule has 98 valence electrons. The third-order valence-corrected chi connectivity index (χ3v) is 3.14. The molecule has 0 saturated carbocycles. The van der Waals surface area contributed by atoms with Crippen LogP contribution in [0.1, 0.15) is 29.3 Å². The molecule has 0 amide bonds. The molecule has 0 aliphatic carbocycles. The van der Waals surface area contributed by atoms with E-state index in [2.05, 4.69) is 20.7 Å². The molecule has 0 bridgehead atoms. The smallest absolute Gasteiger partial charge is 0.337 e. The fourth-order valence-corrected chi connectivity index (χ4v) is 1.93. The number of methoxy groups -OCH3 is 1. The minimum Gasteiger partial charge on any atom is -0.466 e. The summed E-state index contributed by atoms with van der Waals surface area (Å²) in [4.78, 5) is 22.7. The molecule has 1 rings (SSSR count). The molecule has 0 unspecified atom stereocenters. The average molecular weight is 315 g/mol. The van der Waals surface area contributed by atoms with Gasteiger partial charge in [0, 0.05) is 10.9 Å². The number of carbonyl (C=O) groups is 2. The number of ether oxygens (including phenoxy) is 2. The fourth-order valence-electron chi connectivity index (χ4n) is 1.48. The van der Waals surface area contributed by atoms with E-state index >= 15 is 0 Å². The zero-order valence-corrected chi connectivity index (χ0v) is 12.0. The first kappa shape index (κ1) is 14.7. The Morgan fingerprint density at radius 1 is 1.33 bits per heavy atom. The van der Waals surface area contributed by atoms with Gasteiger partial charge in [-0.25, -0.2) is 4.79 Å². The minimum atomic E-state index is -0.389. The molecule has 0 radical (unpaired) electrons. The Balaban J connectivity index is 2.75. The first-order valence-corrected chi connectivity index (χ1v) is 6.40. The van der Waals surface area contributed by atoms with Crippen LogP contribution in [0.4, 0.5) is 0 Å². The Labute approximate surface area is 114 Å². The van der Waals surface area contributed by atoms with E-state index in [0.717, 1.165) is 10.0 Å². The lowest BCUT2D eigenvalue weighted by Crippen LogP contribution is -2.06. The second-order valence-corrected chi connectivity index (χ2v) is 4.46. The number of rotatable bonds is 5. The summed E-state index contributed by atoms with van der Waals surface area (Å²) < 4.78 is 10.4. The predicted molar refractivity (Wildman–Crippen MR) is 70.4 cm³/mol. The van der Waals surface area contributed by atoms with Gasteiger partial charge in [-0.2, -0.15) is 0 Å². The Hall–Kier alpha value is -1.36. The van der Waals surface area contributed by atoms with Crippen LogP contribution in [-0.2, 0) is 20.7 Å². The van der Waals surface area contributed by atoms with E-state index < -0.39 is 0 Å². The lowest BCUT2D eigenvalue weighted by molar-refractivity contribution is -0.143. The van der Waals surface area contributed by atoms with Crippen molar-refractivity contribution in [3.63, 3.8) is 0 Å². The first-order chi connectivity index (χ1) is 8.58. The highest BCUT2D eigenvalue weighted by molar-refractivity contribution is 9.10. The molecule has 0 N–H and O–H groups in total. The Morgan fingerprint density at radius 3 is 2.67 bits per heavy atom. The van der Waals surface area contributed by atoms with Crippen LogP contribution in [0.5, 0.6) is 0 Å². The predicted octanol–water partition coefficient (Wildman–Crippen LogP) is 2.73. The molecule has 5 heteroatoms. The first-order valence-electron chi connectivity index (χ1n) is 5.60. The normalized spacial score (nSPS) is 9.94. The summed E-state index contributed by atoms with van der Waals surface area (Å²) in [5.74, 6) is -0.632. The van der Waals surface area contributed by atoms with Crippen LogP contribution in [0, 0.1) is 0 Å². The SMILES string of the molecule is CCOC(=O)CCc1cc(C(=O)OC)ccc1Br. The summed E-state index contributed by atoms with van der Waals surface area (Å²) in [6, 6.07) is 5.16. The summed E-state index contributed by atoms with van der Waals surface area (Å²) in [6.07, 6.45) is 0.807. The standard InChI is InChI=1S/C13H15BrO4/c1-3-18-12(15)7-5-9-8-10(13(16)17-2)4-6-11(9)14/h4,6,8H,3,5,7H2,1-2H3. The Kier molecular flexibility index (Phi) is 5.85. The van der Waals surface area contributed by atoms with Crippen molar-refractivity contribution in [1.82, 2.24) is 0 Å². The van der Waals surface area contributed by atoms with Gasteiger partial charge in [-0.1, -0.05) is 15.9 Å². The third-order valence-electron chi connectivity index (χ3n) is 2.37. The number of aryl methyl sites for hydroxylation is 1. The van der Waals surface area contributed by atoms with E-state index in [1.807, 2.05) is 0 Å². The zero-order chi connectivity index (χ0) is 13.5. The number of carbonyl (C=O) groups excluding carboxylic acids is 2. The van der Waals surface area contributed by atoms with Crippen molar-refractivity contribution in [2.75, 3.05) is 13.7 Å². The van der Waals surface area contributed by atoms with E-state index in [4.69, 9.17) is 4.74 Å². The van der Waals surface area contributed by atoms with Gasteiger partial charge in [-0.15, -0.1) is 0 Å². The molecule has 0 aliphatic rings. The molecule has 0 atom stereocenters. The highest BCUT2D eigenvalue weighted by Crippen LogP contribution is 2.20. The van der Waals surface area contributed by atoms with Crippen LogP contribution in [-0.4, -0.2) is 25.7 Å². The molecule has 0 spiro atoms. The van der Waals surface area contributed by atoms with E-state index in [9.17, 15) is 9.59 Å². The van der Waals surface area contributed by atoms with Gasteiger partial charge in [0.1, 0.15) is 0 Å². The summed E-state index contributed by atoms with van der Waals surface area (Å²) in [5.41, 5.74) is 1.35. The van der Waals surface area contributed by atoms with Crippen molar-refractivity contribution in [3.8, 4) is 0 Å². The molecule has 0 saturated heterocycles. The van der Waals surface area contributed by atoms with Crippen LogP contribution < -0.4 is 0 Å². The molecular formula is C13H15BrO4. The van der Waals surface area contributed by atoms with E-state index in [0.29, 0.717) is 18.6 Å². The number of hydrogen-bond acceptors (Lipinski definition) is 4. The molecule has 4 nitrogen and oxygen atoms in total.